The molecule has 0 unspecified atom stereocenters. The third kappa shape index (κ3) is 4.68. The molecule has 1 heterocycles. The van der Waals surface area contributed by atoms with Crippen LogP contribution in [0.5, 0.6) is 5.75 Å². The van der Waals surface area contributed by atoms with E-state index in [1.54, 1.807) is 47.4 Å². The zero-order valence-corrected chi connectivity index (χ0v) is 17.0. The SMILES string of the molecule is CCN(CC)C(=O)CN1C(=O)COc2ccc(NC(=O)c3cccc(Cl)c3)cc21. The highest BCUT2D eigenvalue weighted by Crippen LogP contribution is 2.34. The Morgan fingerprint density at radius 1 is 1.17 bits per heavy atom. The monoisotopic (exact) mass is 415 g/mol. The van der Waals surface area contributed by atoms with Crippen molar-refractivity contribution in [1.29, 1.82) is 0 Å². The van der Waals surface area contributed by atoms with Crippen molar-refractivity contribution < 1.29 is 19.1 Å². The first kappa shape index (κ1) is 20.7. The maximum atomic E-state index is 12.5. The Morgan fingerprint density at radius 3 is 2.62 bits per heavy atom. The summed E-state index contributed by atoms with van der Waals surface area (Å²) in [6.45, 7) is 4.70. The van der Waals surface area contributed by atoms with Crippen molar-refractivity contribution in [3.05, 3.63) is 53.1 Å². The van der Waals surface area contributed by atoms with Gasteiger partial charge in [-0.2, -0.15) is 0 Å². The van der Waals surface area contributed by atoms with Gasteiger partial charge in [-0.05, 0) is 50.2 Å². The fourth-order valence-electron chi connectivity index (χ4n) is 3.10. The molecule has 0 saturated heterocycles. The van der Waals surface area contributed by atoms with Crippen molar-refractivity contribution in [3.63, 3.8) is 0 Å². The van der Waals surface area contributed by atoms with E-state index in [4.69, 9.17) is 16.3 Å². The first-order valence-electron chi connectivity index (χ1n) is 9.34. The zero-order valence-electron chi connectivity index (χ0n) is 16.3. The number of hydrogen-bond acceptors (Lipinski definition) is 4. The summed E-state index contributed by atoms with van der Waals surface area (Å²) in [5.74, 6) is -0.306. The lowest BCUT2D eigenvalue weighted by Crippen LogP contribution is -2.46. The van der Waals surface area contributed by atoms with Crippen LogP contribution in [0.4, 0.5) is 11.4 Å². The minimum Gasteiger partial charge on any atom is -0.482 e. The average molecular weight is 416 g/mol. The molecule has 0 saturated carbocycles. The van der Waals surface area contributed by atoms with E-state index in [1.807, 2.05) is 13.8 Å². The summed E-state index contributed by atoms with van der Waals surface area (Å²) in [5.41, 5.74) is 1.34. The number of anilines is 2. The van der Waals surface area contributed by atoms with E-state index < -0.39 is 0 Å². The Balaban J connectivity index is 1.84. The molecule has 1 aliphatic heterocycles. The van der Waals surface area contributed by atoms with Crippen LogP contribution in [0.15, 0.2) is 42.5 Å². The van der Waals surface area contributed by atoms with Crippen molar-refractivity contribution in [2.45, 2.75) is 13.8 Å². The summed E-state index contributed by atoms with van der Waals surface area (Å²) >= 11 is 5.94. The minimum absolute atomic E-state index is 0.0808. The summed E-state index contributed by atoms with van der Waals surface area (Å²) in [4.78, 5) is 40.5. The van der Waals surface area contributed by atoms with Crippen molar-refractivity contribution in [1.82, 2.24) is 4.90 Å². The molecule has 0 atom stereocenters. The second-order valence-electron chi connectivity index (χ2n) is 6.48. The average Bonchev–Trinajstić information content (AvgIpc) is 2.71. The molecular formula is C21H22ClN3O4. The number of ether oxygens (including phenoxy) is 1. The van der Waals surface area contributed by atoms with Crippen molar-refractivity contribution in [3.8, 4) is 5.75 Å². The van der Waals surface area contributed by atoms with Gasteiger partial charge in [0.15, 0.2) is 6.61 Å². The van der Waals surface area contributed by atoms with E-state index >= 15 is 0 Å². The maximum absolute atomic E-state index is 12.5. The smallest absolute Gasteiger partial charge is 0.265 e. The predicted molar refractivity (Wildman–Crippen MR) is 112 cm³/mol. The van der Waals surface area contributed by atoms with E-state index in [0.717, 1.165) is 0 Å². The van der Waals surface area contributed by atoms with Gasteiger partial charge in [0, 0.05) is 29.4 Å². The third-order valence-electron chi connectivity index (χ3n) is 4.66. The Labute approximate surface area is 174 Å². The van der Waals surface area contributed by atoms with Gasteiger partial charge in [0.25, 0.3) is 11.8 Å². The molecule has 2 aromatic rings. The Hall–Kier alpha value is -3.06. The second kappa shape index (κ2) is 8.96. The van der Waals surface area contributed by atoms with Gasteiger partial charge in [-0.15, -0.1) is 0 Å². The topological polar surface area (TPSA) is 79.0 Å². The molecule has 8 heteroatoms. The van der Waals surface area contributed by atoms with Crippen LogP contribution in [-0.2, 0) is 9.59 Å². The molecule has 2 aromatic carbocycles. The van der Waals surface area contributed by atoms with E-state index in [-0.39, 0.29) is 30.9 Å². The van der Waals surface area contributed by atoms with Gasteiger partial charge < -0.3 is 15.0 Å². The van der Waals surface area contributed by atoms with Gasteiger partial charge in [-0.25, -0.2) is 0 Å². The minimum atomic E-state index is -0.332. The van der Waals surface area contributed by atoms with E-state index in [1.165, 1.54) is 4.90 Å². The van der Waals surface area contributed by atoms with Crippen LogP contribution in [0.25, 0.3) is 0 Å². The lowest BCUT2D eigenvalue weighted by atomic mass is 10.1. The Morgan fingerprint density at radius 2 is 1.93 bits per heavy atom. The second-order valence-corrected chi connectivity index (χ2v) is 6.92. The van der Waals surface area contributed by atoms with Crippen LogP contribution in [0.3, 0.4) is 0 Å². The molecule has 0 fully saturated rings. The largest absolute Gasteiger partial charge is 0.482 e. The zero-order chi connectivity index (χ0) is 21.0. The van der Waals surface area contributed by atoms with E-state index in [0.29, 0.717) is 40.8 Å². The van der Waals surface area contributed by atoms with Gasteiger partial charge in [-0.1, -0.05) is 17.7 Å². The summed E-state index contributed by atoms with van der Waals surface area (Å²) in [6.07, 6.45) is 0. The van der Waals surface area contributed by atoms with Gasteiger partial charge in [-0.3, -0.25) is 19.3 Å². The fourth-order valence-corrected chi connectivity index (χ4v) is 3.29. The number of carbonyl (C=O) groups is 3. The Kier molecular flexibility index (Phi) is 6.39. The fraction of sp³-hybridized carbons (Fsp3) is 0.286. The van der Waals surface area contributed by atoms with Gasteiger partial charge >= 0.3 is 0 Å². The molecule has 1 aliphatic rings. The molecule has 29 heavy (non-hydrogen) atoms. The van der Waals surface area contributed by atoms with Crippen LogP contribution in [0.2, 0.25) is 5.02 Å². The lowest BCUT2D eigenvalue weighted by molar-refractivity contribution is -0.131. The molecule has 7 nitrogen and oxygen atoms in total. The predicted octanol–water partition coefficient (Wildman–Crippen LogP) is 3.19. The number of nitrogens with one attached hydrogen (secondary N) is 1. The number of carbonyl (C=O) groups excluding carboxylic acids is 3. The molecule has 1 N–H and O–H groups in total. The normalized spacial score (nSPS) is 12.8. The van der Waals surface area contributed by atoms with Crippen LogP contribution >= 0.6 is 11.6 Å². The van der Waals surface area contributed by atoms with Crippen molar-refractivity contribution in [2.75, 3.05) is 36.5 Å². The number of hydrogen-bond donors (Lipinski definition) is 1. The van der Waals surface area contributed by atoms with E-state index in [9.17, 15) is 14.4 Å². The van der Waals surface area contributed by atoms with Gasteiger partial charge in [0.2, 0.25) is 5.91 Å². The van der Waals surface area contributed by atoms with Crippen molar-refractivity contribution in [2.24, 2.45) is 0 Å². The molecule has 152 valence electrons. The highest BCUT2D eigenvalue weighted by molar-refractivity contribution is 6.31. The quantitative estimate of drug-likeness (QED) is 0.785. The highest BCUT2D eigenvalue weighted by atomic mass is 35.5. The number of rotatable bonds is 6. The van der Waals surface area contributed by atoms with Gasteiger partial charge in [0.05, 0.1) is 5.69 Å². The van der Waals surface area contributed by atoms with Crippen LogP contribution in [0, 0.1) is 0 Å². The molecule has 0 aromatic heterocycles. The molecule has 0 aliphatic carbocycles. The summed E-state index contributed by atoms with van der Waals surface area (Å²) in [6, 6.07) is 11.6. The number of halogens is 1. The number of amides is 3. The third-order valence-corrected chi connectivity index (χ3v) is 4.89. The molecule has 0 radical (unpaired) electrons. The van der Waals surface area contributed by atoms with Crippen LogP contribution < -0.4 is 15.0 Å². The summed E-state index contributed by atoms with van der Waals surface area (Å²) in [5, 5.41) is 3.24. The number of benzene rings is 2. The molecule has 0 bridgehead atoms. The summed E-state index contributed by atoms with van der Waals surface area (Å²) in [7, 11) is 0. The van der Waals surface area contributed by atoms with E-state index in [2.05, 4.69) is 5.32 Å². The first-order chi connectivity index (χ1) is 13.9. The lowest BCUT2D eigenvalue weighted by Gasteiger charge is -2.31. The molecular weight excluding hydrogens is 394 g/mol. The van der Waals surface area contributed by atoms with Crippen molar-refractivity contribution >= 4 is 40.7 Å². The number of nitrogens with zero attached hydrogens (tertiary/aromatic N) is 2. The number of fused-ring (bicyclic) bond motifs is 1. The van der Waals surface area contributed by atoms with Gasteiger partial charge in [0.1, 0.15) is 12.3 Å². The maximum Gasteiger partial charge on any atom is 0.265 e. The molecule has 3 amide bonds. The molecule has 3 rings (SSSR count). The summed E-state index contributed by atoms with van der Waals surface area (Å²) < 4.78 is 5.47. The Bertz CT molecular complexity index is 943. The number of likely N-dealkylation sites (N-methyl/N-ethyl adjacent to an activating group) is 1. The molecule has 0 spiro atoms. The first-order valence-corrected chi connectivity index (χ1v) is 9.72. The van der Waals surface area contributed by atoms with Crippen LogP contribution in [0.1, 0.15) is 24.2 Å². The van der Waals surface area contributed by atoms with Crippen LogP contribution in [-0.4, -0.2) is 48.9 Å². The standard InChI is InChI=1S/C21H22ClN3O4/c1-3-24(4-2)19(26)12-25-17-11-16(8-9-18(17)29-13-20(25)27)23-21(28)14-6-5-7-15(22)10-14/h5-11H,3-4,12-13H2,1-2H3,(H,23,28). The highest BCUT2D eigenvalue weighted by Gasteiger charge is 2.29.